The second kappa shape index (κ2) is 7.24. The van der Waals surface area contributed by atoms with Crippen LogP contribution in [0, 0.1) is 11.3 Å². The Bertz CT molecular complexity index is 933. The van der Waals surface area contributed by atoms with Gasteiger partial charge in [0.15, 0.2) is 0 Å². The molecule has 1 aliphatic heterocycles. The Morgan fingerprint density at radius 1 is 1.04 bits per heavy atom. The van der Waals surface area contributed by atoms with Crippen LogP contribution in [0.3, 0.4) is 0 Å². The van der Waals surface area contributed by atoms with Crippen molar-refractivity contribution in [1.29, 1.82) is 5.26 Å². The fraction of sp³-hybridized carbons (Fsp3) is 0.250. The Kier molecular flexibility index (Phi) is 4.65. The maximum atomic E-state index is 8.92. The molecule has 1 saturated heterocycles. The minimum atomic E-state index is 0.662. The highest BCUT2D eigenvalue weighted by molar-refractivity contribution is 7.13. The SMILES string of the molecule is CN1CCN(c2cc(-c3nc(-c4ccc(C#N)cc4)cs3)ccn2)CC1. The highest BCUT2D eigenvalue weighted by Gasteiger charge is 2.16. The van der Waals surface area contributed by atoms with Gasteiger partial charge in [-0.2, -0.15) is 5.26 Å². The smallest absolute Gasteiger partial charge is 0.129 e. The van der Waals surface area contributed by atoms with E-state index in [0.29, 0.717) is 5.56 Å². The van der Waals surface area contributed by atoms with Gasteiger partial charge >= 0.3 is 0 Å². The fourth-order valence-electron chi connectivity index (χ4n) is 3.01. The largest absolute Gasteiger partial charge is 0.354 e. The maximum Gasteiger partial charge on any atom is 0.129 e. The highest BCUT2D eigenvalue weighted by atomic mass is 32.1. The predicted octanol–water partition coefficient (Wildman–Crippen LogP) is 3.50. The lowest BCUT2D eigenvalue weighted by Gasteiger charge is -2.33. The van der Waals surface area contributed by atoms with Crippen molar-refractivity contribution in [3.05, 3.63) is 53.5 Å². The van der Waals surface area contributed by atoms with Crippen LogP contribution in [0.2, 0.25) is 0 Å². The molecule has 0 radical (unpaired) electrons. The summed E-state index contributed by atoms with van der Waals surface area (Å²) in [5.41, 5.74) is 3.72. The number of likely N-dealkylation sites (N-methyl/N-ethyl adjacent to an activating group) is 1. The van der Waals surface area contributed by atoms with Crippen molar-refractivity contribution in [1.82, 2.24) is 14.9 Å². The van der Waals surface area contributed by atoms with E-state index in [9.17, 15) is 0 Å². The predicted molar refractivity (Wildman–Crippen MR) is 105 cm³/mol. The first kappa shape index (κ1) is 16.7. The van der Waals surface area contributed by atoms with E-state index in [1.165, 1.54) is 0 Å². The molecule has 130 valence electrons. The van der Waals surface area contributed by atoms with Crippen LogP contribution in [-0.2, 0) is 0 Å². The van der Waals surface area contributed by atoms with Crippen LogP contribution in [0.25, 0.3) is 21.8 Å². The van der Waals surface area contributed by atoms with Gasteiger partial charge in [-0.1, -0.05) is 12.1 Å². The molecule has 3 aromatic rings. The molecule has 1 aromatic carbocycles. The van der Waals surface area contributed by atoms with Gasteiger partial charge in [0, 0.05) is 48.9 Å². The quantitative estimate of drug-likeness (QED) is 0.715. The molecule has 3 heterocycles. The molecule has 6 heteroatoms. The molecule has 0 unspecified atom stereocenters. The average molecular weight is 361 g/mol. The number of thiazole rings is 1. The summed E-state index contributed by atoms with van der Waals surface area (Å²) in [4.78, 5) is 14.0. The van der Waals surface area contributed by atoms with Gasteiger partial charge in [0.05, 0.1) is 17.3 Å². The van der Waals surface area contributed by atoms with E-state index < -0.39 is 0 Å². The summed E-state index contributed by atoms with van der Waals surface area (Å²) >= 11 is 1.63. The van der Waals surface area contributed by atoms with Crippen molar-refractivity contribution < 1.29 is 0 Å². The van der Waals surface area contributed by atoms with Gasteiger partial charge in [-0.25, -0.2) is 9.97 Å². The first-order valence-electron chi connectivity index (χ1n) is 8.59. The van der Waals surface area contributed by atoms with E-state index in [2.05, 4.69) is 39.3 Å². The van der Waals surface area contributed by atoms with Gasteiger partial charge in [0.1, 0.15) is 10.8 Å². The standard InChI is InChI=1S/C20H19N5S/c1-24-8-10-25(11-9-24)19-12-17(6-7-22-19)20-23-18(14-26-20)16-4-2-15(13-21)3-5-16/h2-7,12,14H,8-11H2,1H3. The molecule has 0 amide bonds. The number of rotatable bonds is 3. The lowest BCUT2D eigenvalue weighted by Crippen LogP contribution is -2.44. The monoisotopic (exact) mass is 361 g/mol. The third-order valence-corrected chi connectivity index (χ3v) is 5.53. The Labute approximate surface area is 157 Å². The molecular weight excluding hydrogens is 342 g/mol. The average Bonchev–Trinajstić information content (AvgIpc) is 3.19. The first-order chi connectivity index (χ1) is 12.7. The van der Waals surface area contributed by atoms with Gasteiger partial charge in [-0.3, -0.25) is 0 Å². The zero-order valence-corrected chi connectivity index (χ0v) is 15.4. The number of hydrogen-bond donors (Lipinski definition) is 0. The third kappa shape index (κ3) is 3.45. The minimum Gasteiger partial charge on any atom is -0.354 e. The number of benzene rings is 1. The van der Waals surface area contributed by atoms with E-state index in [0.717, 1.165) is 53.8 Å². The number of anilines is 1. The maximum absolute atomic E-state index is 8.92. The molecule has 0 spiro atoms. The molecular formula is C20H19N5S. The third-order valence-electron chi connectivity index (χ3n) is 4.63. The Morgan fingerprint density at radius 3 is 2.54 bits per heavy atom. The Hall–Kier alpha value is -2.75. The number of nitrogens with zero attached hydrogens (tertiary/aromatic N) is 5. The zero-order valence-electron chi connectivity index (χ0n) is 14.6. The van der Waals surface area contributed by atoms with Crippen LogP contribution in [0.5, 0.6) is 0 Å². The van der Waals surface area contributed by atoms with E-state index in [-0.39, 0.29) is 0 Å². The molecule has 0 aliphatic carbocycles. The minimum absolute atomic E-state index is 0.662. The van der Waals surface area contributed by atoms with Gasteiger partial charge in [0.25, 0.3) is 0 Å². The summed E-state index contributed by atoms with van der Waals surface area (Å²) in [6.07, 6.45) is 1.87. The number of aromatic nitrogens is 2. The van der Waals surface area contributed by atoms with E-state index >= 15 is 0 Å². The van der Waals surface area contributed by atoms with Crippen LogP contribution in [0.1, 0.15) is 5.56 Å². The summed E-state index contributed by atoms with van der Waals surface area (Å²) < 4.78 is 0. The molecule has 5 nitrogen and oxygen atoms in total. The van der Waals surface area contributed by atoms with Crippen LogP contribution in [0.4, 0.5) is 5.82 Å². The van der Waals surface area contributed by atoms with E-state index in [1.807, 2.05) is 36.5 Å². The molecule has 1 aliphatic rings. The number of nitriles is 1. The van der Waals surface area contributed by atoms with Crippen molar-refractivity contribution in [2.24, 2.45) is 0 Å². The summed E-state index contributed by atoms with van der Waals surface area (Å²) in [5, 5.41) is 12.0. The zero-order chi connectivity index (χ0) is 17.9. The van der Waals surface area contributed by atoms with Crippen LogP contribution >= 0.6 is 11.3 Å². The number of piperazine rings is 1. The molecule has 0 saturated carbocycles. The summed E-state index contributed by atoms with van der Waals surface area (Å²) in [6.45, 7) is 4.13. The van der Waals surface area contributed by atoms with Gasteiger partial charge in [-0.05, 0) is 31.3 Å². The molecule has 26 heavy (non-hydrogen) atoms. The normalized spacial score (nSPS) is 15.0. The van der Waals surface area contributed by atoms with Crippen molar-refractivity contribution >= 4 is 17.2 Å². The first-order valence-corrected chi connectivity index (χ1v) is 9.47. The molecule has 4 rings (SSSR count). The second-order valence-corrected chi connectivity index (χ2v) is 7.28. The number of hydrogen-bond acceptors (Lipinski definition) is 6. The lowest BCUT2D eigenvalue weighted by molar-refractivity contribution is 0.312. The van der Waals surface area contributed by atoms with E-state index in [1.54, 1.807) is 11.3 Å². The molecule has 0 N–H and O–H groups in total. The van der Waals surface area contributed by atoms with Crippen LogP contribution in [-0.4, -0.2) is 48.1 Å². The van der Waals surface area contributed by atoms with Crippen molar-refractivity contribution in [2.75, 3.05) is 38.1 Å². The van der Waals surface area contributed by atoms with Crippen LogP contribution in [0.15, 0.2) is 48.0 Å². The summed E-state index contributed by atoms with van der Waals surface area (Å²) in [6, 6.07) is 13.8. The summed E-state index contributed by atoms with van der Waals surface area (Å²) in [7, 11) is 2.15. The van der Waals surface area contributed by atoms with Crippen molar-refractivity contribution in [2.45, 2.75) is 0 Å². The Balaban J connectivity index is 1.57. The molecule has 1 fully saturated rings. The van der Waals surface area contributed by atoms with Gasteiger partial charge in [0.2, 0.25) is 0 Å². The molecule has 2 aromatic heterocycles. The Morgan fingerprint density at radius 2 is 1.81 bits per heavy atom. The van der Waals surface area contributed by atoms with Gasteiger partial charge < -0.3 is 9.80 Å². The topological polar surface area (TPSA) is 56.0 Å². The van der Waals surface area contributed by atoms with Crippen molar-refractivity contribution in [3.8, 4) is 27.9 Å². The molecule has 0 atom stereocenters. The van der Waals surface area contributed by atoms with Crippen molar-refractivity contribution in [3.63, 3.8) is 0 Å². The number of pyridine rings is 1. The second-order valence-electron chi connectivity index (χ2n) is 6.42. The molecule has 0 bridgehead atoms. The highest BCUT2D eigenvalue weighted by Crippen LogP contribution is 2.30. The van der Waals surface area contributed by atoms with E-state index in [4.69, 9.17) is 10.2 Å². The lowest BCUT2D eigenvalue weighted by atomic mass is 10.1. The fourth-order valence-corrected chi connectivity index (χ4v) is 3.84. The van der Waals surface area contributed by atoms with Crippen LogP contribution < -0.4 is 4.90 Å². The van der Waals surface area contributed by atoms with Gasteiger partial charge in [-0.15, -0.1) is 11.3 Å². The summed E-state index contributed by atoms with van der Waals surface area (Å²) in [5.74, 6) is 1.02.